The zero-order chi connectivity index (χ0) is 22.5. The average Bonchev–Trinajstić information content (AvgIpc) is 3.58. The summed E-state index contributed by atoms with van der Waals surface area (Å²) in [6, 6.07) is 9.17. The Morgan fingerprint density at radius 1 is 0.935 bits per heavy atom. The molecule has 1 N–H and O–H groups in total. The van der Waals surface area contributed by atoms with Crippen molar-refractivity contribution in [3.63, 3.8) is 0 Å². The van der Waals surface area contributed by atoms with Gasteiger partial charge in [-0.2, -0.15) is 0 Å². The third-order valence-corrected chi connectivity index (χ3v) is 5.17. The summed E-state index contributed by atoms with van der Waals surface area (Å²) >= 11 is 12.8. The molecule has 7 nitrogen and oxygen atoms in total. The van der Waals surface area contributed by atoms with E-state index in [9.17, 15) is 14.4 Å². The van der Waals surface area contributed by atoms with Gasteiger partial charge in [0.1, 0.15) is 0 Å². The molecule has 0 unspecified atom stereocenters. The van der Waals surface area contributed by atoms with Crippen LogP contribution in [-0.4, -0.2) is 31.1 Å². The maximum absolute atomic E-state index is 13.0. The van der Waals surface area contributed by atoms with E-state index in [2.05, 4.69) is 5.43 Å². The third-order valence-electron chi connectivity index (χ3n) is 4.56. The van der Waals surface area contributed by atoms with E-state index in [0.717, 1.165) is 12.8 Å². The van der Waals surface area contributed by atoms with Crippen LogP contribution in [0.5, 0.6) is 0 Å². The van der Waals surface area contributed by atoms with Gasteiger partial charge in [0.15, 0.2) is 0 Å². The fraction of sp³-hybridized carbons (Fsp3) is 0.318. The molecular formula is C22H22Cl2N2O5. The van der Waals surface area contributed by atoms with Crippen LogP contribution < -0.4 is 10.4 Å². The number of carbonyl (C=O) groups excluding carboxylic acids is 3. The highest BCUT2D eigenvalue weighted by atomic mass is 35.5. The molecule has 0 radical (unpaired) electrons. The lowest BCUT2D eigenvalue weighted by molar-refractivity contribution is -0.119. The molecule has 31 heavy (non-hydrogen) atoms. The highest BCUT2D eigenvalue weighted by molar-refractivity contribution is 6.35. The smallest absolute Gasteiger partial charge is 0.338 e. The molecule has 2 aromatic rings. The summed E-state index contributed by atoms with van der Waals surface area (Å²) in [7, 11) is 0. The number of hydrazine groups is 1. The second-order valence-electron chi connectivity index (χ2n) is 6.86. The van der Waals surface area contributed by atoms with Crippen molar-refractivity contribution in [1.82, 2.24) is 0 Å². The molecule has 1 aliphatic rings. The lowest BCUT2D eigenvalue weighted by atomic mass is 10.2. The summed E-state index contributed by atoms with van der Waals surface area (Å²) in [6.45, 7) is 3.92. The Labute approximate surface area is 190 Å². The molecule has 0 spiro atoms. The van der Waals surface area contributed by atoms with E-state index < -0.39 is 11.9 Å². The van der Waals surface area contributed by atoms with Crippen molar-refractivity contribution in [2.75, 3.05) is 23.6 Å². The van der Waals surface area contributed by atoms with Crippen LogP contribution in [0, 0.1) is 5.92 Å². The van der Waals surface area contributed by atoms with Crippen molar-refractivity contribution >= 4 is 52.4 Å². The van der Waals surface area contributed by atoms with Crippen LogP contribution in [0.3, 0.4) is 0 Å². The Morgan fingerprint density at radius 2 is 1.48 bits per heavy atom. The summed E-state index contributed by atoms with van der Waals surface area (Å²) in [4.78, 5) is 36.8. The zero-order valence-electron chi connectivity index (χ0n) is 17.1. The molecule has 164 valence electrons. The second-order valence-corrected chi connectivity index (χ2v) is 7.68. The van der Waals surface area contributed by atoms with Crippen molar-refractivity contribution in [1.29, 1.82) is 0 Å². The number of hydrogen-bond acceptors (Lipinski definition) is 6. The minimum Gasteiger partial charge on any atom is -0.462 e. The SMILES string of the molecule is CCOC(=O)c1ccc(NN(C(=O)C2CC2)c2ccc(C(=O)OCC)cc2Cl)c(Cl)c1. The fourth-order valence-electron chi connectivity index (χ4n) is 2.84. The van der Waals surface area contributed by atoms with Crippen LogP contribution in [0.15, 0.2) is 36.4 Å². The number of esters is 2. The van der Waals surface area contributed by atoms with Crippen molar-refractivity contribution in [3.05, 3.63) is 57.6 Å². The molecule has 0 aliphatic heterocycles. The van der Waals surface area contributed by atoms with E-state index in [1.807, 2.05) is 0 Å². The van der Waals surface area contributed by atoms with Crippen molar-refractivity contribution in [2.24, 2.45) is 5.92 Å². The molecule has 0 atom stereocenters. The standard InChI is InChI=1S/C22H22Cl2N2O5/c1-3-30-21(28)14-7-9-18(16(23)11-14)25-26(20(27)13-5-6-13)19-10-8-15(12-17(19)24)22(29)31-4-2/h7-13,25H,3-6H2,1-2H3. The first-order valence-electron chi connectivity index (χ1n) is 9.89. The van der Waals surface area contributed by atoms with Gasteiger partial charge in [-0.1, -0.05) is 23.2 Å². The van der Waals surface area contributed by atoms with E-state index >= 15 is 0 Å². The number of anilines is 2. The molecule has 1 amide bonds. The molecule has 3 rings (SSSR count). The maximum atomic E-state index is 13.0. The van der Waals surface area contributed by atoms with E-state index in [1.54, 1.807) is 38.1 Å². The van der Waals surface area contributed by atoms with Gasteiger partial charge in [-0.15, -0.1) is 0 Å². The molecule has 0 aromatic heterocycles. The summed E-state index contributed by atoms with van der Waals surface area (Å²) in [5, 5.41) is 1.75. The molecule has 9 heteroatoms. The first kappa shape index (κ1) is 22.9. The molecule has 0 heterocycles. The Bertz CT molecular complexity index is 1010. The van der Waals surface area contributed by atoms with E-state index in [1.165, 1.54) is 17.1 Å². The van der Waals surface area contributed by atoms with Crippen molar-refractivity contribution in [2.45, 2.75) is 26.7 Å². The minimum atomic E-state index is -0.499. The van der Waals surface area contributed by atoms with Crippen LogP contribution in [-0.2, 0) is 14.3 Å². The molecule has 2 aromatic carbocycles. The summed E-state index contributed by atoms with van der Waals surface area (Å²) in [6.07, 6.45) is 1.57. The maximum Gasteiger partial charge on any atom is 0.338 e. The monoisotopic (exact) mass is 464 g/mol. The first-order valence-corrected chi connectivity index (χ1v) is 10.6. The Balaban J connectivity index is 1.90. The quantitative estimate of drug-likeness (QED) is 0.431. The van der Waals surface area contributed by atoms with Crippen LogP contribution in [0.1, 0.15) is 47.4 Å². The zero-order valence-corrected chi connectivity index (χ0v) is 18.6. The van der Waals surface area contributed by atoms with E-state index in [4.69, 9.17) is 32.7 Å². The van der Waals surface area contributed by atoms with E-state index in [-0.39, 0.29) is 40.6 Å². The van der Waals surface area contributed by atoms with Crippen LogP contribution in [0.2, 0.25) is 10.0 Å². The molecule has 0 bridgehead atoms. The van der Waals surface area contributed by atoms with Gasteiger partial charge in [0.25, 0.3) is 0 Å². The summed E-state index contributed by atoms with van der Waals surface area (Å²) in [5.41, 5.74) is 4.36. The number of benzene rings is 2. The van der Waals surface area contributed by atoms with Gasteiger partial charge in [-0.25, -0.2) is 14.6 Å². The molecule has 1 saturated carbocycles. The number of carbonyl (C=O) groups is 3. The van der Waals surface area contributed by atoms with Crippen LogP contribution in [0.4, 0.5) is 11.4 Å². The summed E-state index contributed by atoms with van der Waals surface area (Å²) < 4.78 is 9.97. The average molecular weight is 465 g/mol. The van der Waals surface area contributed by atoms with Gasteiger partial charge >= 0.3 is 11.9 Å². The molecule has 1 fully saturated rings. The fourth-order valence-corrected chi connectivity index (χ4v) is 3.33. The minimum absolute atomic E-state index is 0.120. The normalized spacial score (nSPS) is 12.8. The van der Waals surface area contributed by atoms with Crippen molar-refractivity contribution in [3.8, 4) is 0 Å². The van der Waals surface area contributed by atoms with Gasteiger partial charge in [0.2, 0.25) is 5.91 Å². The molecular weight excluding hydrogens is 443 g/mol. The number of hydrogen-bond donors (Lipinski definition) is 1. The van der Waals surface area contributed by atoms with Crippen molar-refractivity contribution < 1.29 is 23.9 Å². The summed E-state index contributed by atoms with van der Waals surface area (Å²) in [5.74, 6) is -1.27. The predicted molar refractivity (Wildman–Crippen MR) is 119 cm³/mol. The topological polar surface area (TPSA) is 84.9 Å². The Morgan fingerprint density at radius 3 is 1.97 bits per heavy atom. The van der Waals surface area contributed by atoms with Gasteiger partial charge in [-0.05, 0) is 63.1 Å². The lowest BCUT2D eigenvalue weighted by Crippen LogP contribution is -2.38. The lowest BCUT2D eigenvalue weighted by Gasteiger charge is -2.26. The first-order chi connectivity index (χ1) is 14.8. The number of nitrogens with zero attached hydrogens (tertiary/aromatic N) is 1. The molecule has 1 aliphatic carbocycles. The highest BCUT2D eigenvalue weighted by Crippen LogP contribution is 2.36. The Kier molecular flexibility index (Phi) is 7.41. The largest absolute Gasteiger partial charge is 0.462 e. The van der Waals surface area contributed by atoms with Gasteiger partial charge in [0.05, 0.1) is 45.8 Å². The van der Waals surface area contributed by atoms with Gasteiger partial charge in [-0.3, -0.25) is 10.2 Å². The van der Waals surface area contributed by atoms with Gasteiger partial charge in [0, 0.05) is 5.92 Å². The van der Waals surface area contributed by atoms with E-state index in [0.29, 0.717) is 16.9 Å². The van der Waals surface area contributed by atoms with Gasteiger partial charge < -0.3 is 9.47 Å². The number of halogens is 2. The Hall–Kier alpha value is -2.77. The number of nitrogens with one attached hydrogen (secondary N) is 1. The van der Waals surface area contributed by atoms with Crippen LogP contribution >= 0.6 is 23.2 Å². The van der Waals surface area contributed by atoms with Crippen LogP contribution in [0.25, 0.3) is 0 Å². The number of rotatable bonds is 8. The third kappa shape index (κ3) is 5.48. The number of ether oxygens (including phenoxy) is 2. The highest BCUT2D eigenvalue weighted by Gasteiger charge is 2.35. The molecule has 0 saturated heterocycles. The second kappa shape index (κ2) is 10.0. The number of amides is 1. The predicted octanol–water partition coefficient (Wildman–Crippen LogP) is 5.12.